The van der Waals surface area contributed by atoms with Crippen molar-refractivity contribution in [2.75, 3.05) is 0 Å². The van der Waals surface area contributed by atoms with Crippen molar-refractivity contribution in [3.63, 3.8) is 0 Å². The number of hydrogen-bond donors (Lipinski definition) is 0. The lowest BCUT2D eigenvalue weighted by molar-refractivity contribution is 1.08. The van der Waals surface area contributed by atoms with Crippen molar-refractivity contribution in [1.29, 1.82) is 0 Å². The van der Waals surface area contributed by atoms with E-state index in [-0.39, 0.29) is 0 Å². The van der Waals surface area contributed by atoms with Crippen LogP contribution >= 0.6 is 11.3 Å². The molecule has 1 aliphatic carbocycles. The first-order valence-corrected chi connectivity index (χ1v) is 23.1. The number of para-hydroxylation sites is 3. The monoisotopic (exact) mass is 840 g/mol. The van der Waals surface area contributed by atoms with Crippen molar-refractivity contribution in [1.82, 2.24) is 19.1 Å². The van der Waals surface area contributed by atoms with Crippen LogP contribution in [0, 0.1) is 0 Å². The number of aromatic nitrogens is 4. The number of fused-ring (bicyclic) bond motifs is 11. The first-order chi connectivity index (χ1) is 32.3. The third kappa shape index (κ3) is 4.31. The van der Waals surface area contributed by atoms with E-state index in [1.165, 1.54) is 95.9 Å². The van der Waals surface area contributed by atoms with Crippen LogP contribution < -0.4 is 0 Å². The predicted octanol–water partition coefficient (Wildman–Crippen LogP) is 16.5. The third-order valence-electron chi connectivity index (χ3n) is 14.4. The molecule has 65 heavy (non-hydrogen) atoms. The van der Waals surface area contributed by atoms with Gasteiger partial charge in [-0.05, 0) is 109 Å². The molecule has 0 saturated heterocycles. The second kappa shape index (κ2) is 12.2. The fraction of sp³-hybridized carbons (Fsp3) is 0. The highest BCUT2D eigenvalue weighted by atomic mass is 32.1. The van der Waals surface area contributed by atoms with Gasteiger partial charge in [-0.1, -0.05) is 140 Å². The fourth-order valence-corrected chi connectivity index (χ4v) is 12.9. The van der Waals surface area contributed by atoms with Crippen molar-refractivity contribution in [3.05, 3.63) is 194 Å². The summed E-state index contributed by atoms with van der Waals surface area (Å²) in [6, 6.07) is 71.3. The molecule has 1 aliphatic rings. The Balaban J connectivity index is 1.13. The maximum Gasteiger partial charge on any atom is 0.165 e. The smallest absolute Gasteiger partial charge is 0.165 e. The van der Waals surface area contributed by atoms with E-state index in [2.05, 4.69) is 203 Å². The third-order valence-corrected chi connectivity index (χ3v) is 15.5. The van der Waals surface area contributed by atoms with Crippen LogP contribution in [0.3, 0.4) is 0 Å². The van der Waals surface area contributed by atoms with Gasteiger partial charge in [-0.15, -0.1) is 11.3 Å². The minimum atomic E-state index is 0.816. The van der Waals surface area contributed by atoms with E-state index in [0.29, 0.717) is 0 Å². The van der Waals surface area contributed by atoms with E-state index < -0.39 is 0 Å². The van der Waals surface area contributed by atoms with Crippen LogP contribution in [0.4, 0.5) is 0 Å². The Morgan fingerprint density at radius 2 is 0.908 bits per heavy atom. The van der Waals surface area contributed by atoms with Gasteiger partial charge in [0.05, 0.1) is 33.1 Å². The molecule has 0 bridgehead atoms. The van der Waals surface area contributed by atoms with Crippen LogP contribution in [-0.2, 0) is 0 Å². The Labute approximate surface area is 374 Å². The van der Waals surface area contributed by atoms with Gasteiger partial charge in [0, 0.05) is 53.0 Å². The minimum absolute atomic E-state index is 0.816. The van der Waals surface area contributed by atoms with Crippen LogP contribution in [-0.4, -0.2) is 19.1 Å². The summed E-state index contributed by atoms with van der Waals surface area (Å²) in [6.07, 6.45) is 0. The van der Waals surface area contributed by atoms with Crippen LogP contribution in [0.5, 0.6) is 0 Å². The summed E-state index contributed by atoms with van der Waals surface area (Å²) in [4.78, 5) is 11.8. The van der Waals surface area contributed by atoms with Crippen LogP contribution in [0.25, 0.3) is 152 Å². The predicted molar refractivity (Wildman–Crippen MR) is 276 cm³/mol. The maximum absolute atomic E-state index is 5.91. The zero-order valence-corrected chi connectivity index (χ0v) is 35.5. The van der Waals surface area contributed by atoms with Gasteiger partial charge in [0.15, 0.2) is 5.82 Å². The minimum Gasteiger partial charge on any atom is -0.309 e. The Kier molecular flexibility index (Phi) is 6.41. The molecule has 0 aliphatic heterocycles. The lowest BCUT2D eigenvalue weighted by Gasteiger charge is -2.17. The molecule has 5 heteroatoms. The molecule has 0 atom stereocenters. The molecule has 4 heterocycles. The first kappa shape index (κ1) is 34.1. The van der Waals surface area contributed by atoms with Gasteiger partial charge in [-0.25, -0.2) is 9.97 Å². The van der Waals surface area contributed by atoms with Crippen molar-refractivity contribution < 1.29 is 0 Å². The standard InChI is InChI=1S/C60H32N4S/c1-2-14-34(15-3-1)63-48-25-9-8-20-39(48)42-23-11-24-43(59(42)63)58-60(62-47-32-45-38-19-7-5-17-36(38)35-16-4-6-18-37(35)44(45)31-46(47)61-58)64-49-28-27-33-13-10-21-40-41-22-12-26-51-54(41)57-52(65-51)30-29-50(64)56(57)55(49)53(33)40/h1-32H. The normalized spacial score (nSPS) is 12.6. The Morgan fingerprint density at radius 1 is 0.338 bits per heavy atom. The molecule has 0 unspecified atom stereocenters. The molecule has 4 nitrogen and oxygen atoms in total. The summed E-state index contributed by atoms with van der Waals surface area (Å²) < 4.78 is 7.48. The van der Waals surface area contributed by atoms with E-state index in [1.807, 2.05) is 11.3 Å². The Morgan fingerprint density at radius 3 is 1.68 bits per heavy atom. The van der Waals surface area contributed by atoms with Crippen LogP contribution in [0.15, 0.2) is 194 Å². The fourth-order valence-electron chi connectivity index (χ4n) is 11.8. The molecule has 0 N–H and O–H groups in total. The van der Waals surface area contributed by atoms with Crippen LogP contribution in [0.2, 0.25) is 0 Å². The van der Waals surface area contributed by atoms with Crippen molar-refractivity contribution >= 4 is 129 Å². The summed E-state index contributed by atoms with van der Waals surface area (Å²) >= 11 is 1.89. The Bertz CT molecular complexity index is 4650. The second-order valence-corrected chi connectivity index (χ2v) is 18.7. The summed E-state index contributed by atoms with van der Waals surface area (Å²) in [5.74, 6) is 0.816. The topological polar surface area (TPSA) is 35.6 Å². The molecule has 0 spiro atoms. The van der Waals surface area contributed by atoms with E-state index in [0.717, 1.165) is 55.9 Å². The zero-order chi connectivity index (χ0) is 42.1. The SMILES string of the molecule is c1ccc(-n2c3ccccc3c3cccc(-c4nc5cc6c7ccccc7c7ccccc7c6cc5nc4-n4c5ccc6cccc7c6c5c5c6c(ccc54)sc4cccc-7c46)c32)cc1. The summed E-state index contributed by atoms with van der Waals surface area (Å²) in [5.41, 5.74) is 11.8. The van der Waals surface area contributed by atoms with Crippen molar-refractivity contribution in [2.24, 2.45) is 0 Å². The molecule has 15 aromatic rings. The van der Waals surface area contributed by atoms with Gasteiger partial charge >= 0.3 is 0 Å². The van der Waals surface area contributed by atoms with Gasteiger partial charge in [0.1, 0.15) is 5.69 Å². The number of nitrogens with zero attached hydrogens (tertiary/aromatic N) is 4. The summed E-state index contributed by atoms with van der Waals surface area (Å²) in [7, 11) is 0. The molecular formula is C60H32N4S. The van der Waals surface area contributed by atoms with Crippen molar-refractivity contribution in [2.45, 2.75) is 0 Å². The highest BCUT2D eigenvalue weighted by molar-refractivity contribution is 7.26. The van der Waals surface area contributed by atoms with E-state index in [9.17, 15) is 0 Å². The molecule has 0 amide bonds. The average molecular weight is 841 g/mol. The van der Waals surface area contributed by atoms with Crippen molar-refractivity contribution in [3.8, 4) is 33.9 Å². The van der Waals surface area contributed by atoms with Gasteiger partial charge in [-0.2, -0.15) is 0 Å². The number of hydrogen-bond acceptors (Lipinski definition) is 3. The number of thiophene rings is 1. The molecule has 4 aromatic heterocycles. The zero-order valence-electron chi connectivity index (χ0n) is 34.7. The maximum atomic E-state index is 5.91. The van der Waals surface area contributed by atoms with Crippen LogP contribution in [0.1, 0.15) is 0 Å². The molecule has 0 fully saturated rings. The Hall–Kier alpha value is -8.38. The van der Waals surface area contributed by atoms with E-state index in [1.54, 1.807) is 0 Å². The lowest BCUT2D eigenvalue weighted by Crippen LogP contribution is -2.05. The number of benzene rings is 11. The molecular weight excluding hydrogens is 809 g/mol. The van der Waals surface area contributed by atoms with Gasteiger partial charge in [0.2, 0.25) is 0 Å². The molecule has 16 rings (SSSR count). The van der Waals surface area contributed by atoms with E-state index >= 15 is 0 Å². The molecule has 11 aromatic carbocycles. The quantitative estimate of drug-likeness (QED) is 0.131. The second-order valence-electron chi connectivity index (χ2n) is 17.6. The number of rotatable bonds is 3. The largest absolute Gasteiger partial charge is 0.309 e. The summed E-state index contributed by atoms with van der Waals surface area (Å²) in [6.45, 7) is 0. The highest BCUT2D eigenvalue weighted by Gasteiger charge is 2.29. The van der Waals surface area contributed by atoms with Gasteiger partial charge in [-0.3, -0.25) is 4.57 Å². The van der Waals surface area contributed by atoms with E-state index in [4.69, 9.17) is 9.97 Å². The molecule has 0 radical (unpaired) electrons. The molecule has 298 valence electrons. The van der Waals surface area contributed by atoms with Gasteiger partial charge < -0.3 is 4.57 Å². The lowest BCUT2D eigenvalue weighted by atomic mass is 9.94. The summed E-state index contributed by atoms with van der Waals surface area (Å²) in [5, 5.41) is 17.4. The highest BCUT2D eigenvalue weighted by Crippen LogP contribution is 2.53. The first-order valence-electron chi connectivity index (χ1n) is 22.2. The average Bonchev–Trinajstić information content (AvgIpc) is 4.00. The van der Waals surface area contributed by atoms with Gasteiger partial charge in [0.25, 0.3) is 0 Å². The molecule has 0 saturated carbocycles.